The number of nitrogens with zero attached hydrogens (tertiary/aromatic N) is 3. The van der Waals surface area contributed by atoms with Crippen molar-refractivity contribution >= 4 is 59.1 Å². The first-order chi connectivity index (χ1) is 34.2. The number of aliphatic hydroxyl groups is 1. The van der Waals surface area contributed by atoms with E-state index in [0.717, 1.165) is 28.7 Å². The fraction of sp³-hybridized carbons (Fsp3) is 0.469. The lowest BCUT2D eigenvalue weighted by molar-refractivity contribution is -0.142. The molecule has 3 rings (SSSR count). The number of carboxylic acids is 1. The summed E-state index contributed by atoms with van der Waals surface area (Å²) >= 11 is 0. The number of aromatic nitrogens is 1. The largest absolute Gasteiger partial charge is 0.481 e. The molecule has 5 atom stereocenters. The average Bonchev–Trinajstić information content (AvgIpc) is 3.72. The Morgan fingerprint density at radius 1 is 0.795 bits per heavy atom. The second kappa shape index (κ2) is 27.7. The van der Waals surface area contributed by atoms with Crippen molar-refractivity contribution in [2.24, 2.45) is 11.1 Å². The van der Waals surface area contributed by atoms with Crippen LogP contribution in [0.15, 0.2) is 60.8 Å². The van der Waals surface area contributed by atoms with E-state index in [9.17, 15) is 57.4 Å². The summed E-state index contributed by atoms with van der Waals surface area (Å²) in [5, 5.41) is 33.8. The number of hydrogen-bond acceptors (Lipinski definition) is 11. The molecule has 0 aliphatic rings. The Labute approximate surface area is 421 Å². The highest BCUT2D eigenvalue weighted by Gasteiger charge is 2.39. The zero-order valence-electron chi connectivity index (χ0n) is 41.9. The molecule has 0 saturated carbocycles. The number of nitrogens with one attached hydrogen (secondary N) is 6. The number of carbonyl (C=O) groups excluding carboxylic acids is 9. The number of carboxylic acid groups (broad SMARTS) is 1. The van der Waals surface area contributed by atoms with E-state index in [-0.39, 0.29) is 43.7 Å². The number of amides is 9. The summed E-state index contributed by atoms with van der Waals surface area (Å²) in [5.74, 6) is -9.96. The van der Waals surface area contributed by atoms with Gasteiger partial charge in [0.25, 0.3) is 0 Å². The number of rotatable bonds is 27. The van der Waals surface area contributed by atoms with Gasteiger partial charge in [-0.25, -0.2) is 8.78 Å². The van der Waals surface area contributed by atoms with Gasteiger partial charge in [-0.1, -0.05) is 51.1 Å². The Hall–Kier alpha value is -7.76. The normalized spacial score (nSPS) is 13.2. The van der Waals surface area contributed by atoms with E-state index < -0.39 is 139 Å². The third-order valence-corrected chi connectivity index (χ3v) is 11.4. The van der Waals surface area contributed by atoms with Crippen LogP contribution in [-0.2, 0) is 54.5 Å². The molecule has 0 radical (unpaired) electrons. The molecule has 0 spiro atoms. The Balaban J connectivity index is 2.04. The molecule has 0 fully saturated rings. The second-order valence-electron chi connectivity index (χ2n) is 18.3. The molecular formula is C49H66F2N10O12. The molecule has 0 bridgehead atoms. The topological polar surface area (TPSA) is 321 Å². The highest BCUT2D eigenvalue weighted by atomic mass is 19.1. The predicted octanol–water partition coefficient (Wildman–Crippen LogP) is 0.210. The lowest BCUT2D eigenvalue weighted by atomic mass is 9.82. The molecule has 398 valence electrons. The van der Waals surface area contributed by atoms with Crippen molar-refractivity contribution in [3.63, 3.8) is 0 Å². The third kappa shape index (κ3) is 18.7. The van der Waals surface area contributed by atoms with E-state index in [2.05, 4.69) is 31.9 Å². The quantitative estimate of drug-likeness (QED) is 0.0463. The van der Waals surface area contributed by atoms with E-state index in [4.69, 9.17) is 10.8 Å². The van der Waals surface area contributed by atoms with Gasteiger partial charge in [-0.2, -0.15) is 0 Å². The average molecular weight is 1030 g/mol. The summed E-state index contributed by atoms with van der Waals surface area (Å²) in [6, 6.07) is 7.11. The molecule has 0 aliphatic heterocycles. The summed E-state index contributed by atoms with van der Waals surface area (Å²) in [6.07, 6.45) is -0.395. The molecule has 0 aliphatic carbocycles. The number of hydrogen-bond donors (Lipinski definition) is 9. The van der Waals surface area contributed by atoms with Crippen molar-refractivity contribution in [2.45, 2.75) is 104 Å². The van der Waals surface area contributed by atoms with Gasteiger partial charge in [-0.3, -0.25) is 47.9 Å². The Morgan fingerprint density at radius 2 is 1.44 bits per heavy atom. The van der Waals surface area contributed by atoms with Crippen molar-refractivity contribution in [1.29, 1.82) is 0 Å². The minimum absolute atomic E-state index is 0.0679. The summed E-state index contributed by atoms with van der Waals surface area (Å²) in [6.45, 7) is 7.11. The maximum absolute atomic E-state index is 15.3. The van der Waals surface area contributed by atoms with Crippen molar-refractivity contribution in [2.75, 3.05) is 39.8 Å². The van der Waals surface area contributed by atoms with Crippen LogP contribution in [0.2, 0.25) is 0 Å². The number of halogens is 2. The van der Waals surface area contributed by atoms with Gasteiger partial charge in [0.05, 0.1) is 25.4 Å². The van der Waals surface area contributed by atoms with Crippen molar-refractivity contribution in [3.8, 4) is 11.1 Å². The number of aliphatic carboxylic acids is 1. The maximum Gasteiger partial charge on any atom is 0.303 e. The van der Waals surface area contributed by atoms with E-state index in [1.165, 1.54) is 32.7 Å². The molecule has 9 amide bonds. The van der Waals surface area contributed by atoms with Gasteiger partial charge < -0.3 is 62.2 Å². The Morgan fingerprint density at radius 3 is 2.04 bits per heavy atom. The highest BCUT2D eigenvalue weighted by Crippen LogP contribution is 2.41. The van der Waals surface area contributed by atoms with E-state index >= 15 is 4.39 Å². The van der Waals surface area contributed by atoms with E-state index in [1.807, 2.05) is 30.3 Å². The number of likely N-dealkylation sites (N-methyl/N-ethyl adjacent to an activating group) is 1. The van der Waals surface area contributed by atoms with Crippen LogP contribution in [0.4, 0.5) is 8.78 Å². The van der Waals surface area contributed by atoms with Gasteiger partial charge in [-0.15, -0.1) is 0 Å². The number of carbonyl (C=O) groups is 10. The lowest BCUT2D eigenvalue weighted by Crippen LogP contribution is -2.58. The minimum Gasteiger partial charge on any atom is -0.481 e. The van der Waals surface area contributed by atoms with Crippen LogP contribution in [0, 0.1) is 17.0 Å². The molecule has 0 unspecified atom stereocenters. The fourth-order valence-electron chi connectivity index (χ4n) is 7.71. The Bertz CT molecular complexity index is 2480. The Kier molecular flexibility index (Phi) is 22.6. The first-order valence-electron chi connectivity index (χ1n) is 23.3. The summed E-state index contributed by atoms with van der Waals surface area (Å²) in [4.78, 5) is 130. The highest BCUT2D eigenvalue weighted by molar-refractivity contribution is 5.97. The van der Waals surface area contributed by atoms with Crippen molar-refractivity contribution in [3.05, 3.63) is 83.7 Å². The van der Waals surface area contributed by atoms with Gasteiger partial charge in [-0.05, 0) is 55.5 Å². The monoisotopic (exact) mass is 1020 g/mol. The minimum atomic E-state index is -1.73. The van der Waals surface area contributed by atoms with Gasteiger partial charge in [0.1, 0.15) is 42.4 Å². The van der Waals surface area contributed by atoms with E-state index in [1.54, 1.807) is 37.6 Å². The smallest absolute Gasteiger partial charge is 0.303 e. The number of primary amides is 1. The number of aliphatic hydroxyl groups excluding tert-OH is 1. The van der Waals surface area contributed by atoms with Crippen molar-refractivity contribution in [1.82, 2.24) is 46.3 Å². The third-order valence-electron chi connectivity index (χ3n) is 11.4. The first-order valence-corrected chi connectivity index (χ1v) is 23.3. The molecule has 1 heterocycles. The molecule has 1 aromatic heterocycles. The van der Waals surface area contributed by atoms with Crippen LogP contribution >= 0.6 is 0 Å². The molecule has 10 N–H and O–H groups in total. The summed E-state index contributed by atoms with van der Waals surface area (Å²) < 4.78 is 31.7. The molecular weight excluding hydrogens is 959 g/mol. The van der Waals surface area contributed by atoms with Gasteiger partial charge >= 0.3 is 5.97 Å². The van der Waals surface area contributed by atoms with E-state index in [0.29, 0.717) is 5.69 Å². The lowest BCUT2D eigenvalue weighted by Gasteiger charge is -2.41. The van der Waals surface area contributed by atoms with Crippen LogP contribution in [0.5, 0.6) is 0 Å². The van der Waals surface area contributed by atoms with Crippen LogP contribution in [-0.4, -0.2) is 148 Å². The predicted molar refractivity (Wildman–Crippen MR) is 260 cm³/mol. The first kappa shape index (κ1) is 59.5. The molecule has 2 aromatic carbocycles. The molecule has 0 saturated heterocycles. The summed E-state index contributed by atoms with van der Waals surface area (Å²) in [5.41, 5.74) is 6.01. The van der Waals surface area contributed by atoms with Crippen LogP contribution < -0.4 is 37.6 Å². The SMILES string of the molecule is CC(=O)N[C@@H](C)C(=O)N(C)[C@@H](C)C(=O)N[C@@H](CC(N)=O)C(=O)N[C@@H](CCN(C(=O)CO)[C@@H](c1cc(-c2cc(F)ccc2F)cn1Cc1ccccc1)C(C)(C)C)C(=O)NCCNC(=O)CNC(=O)CCC(=O)O. The zero-order valence-corrected chi connectivity index (χ0v) is 41.9. The number of nitrogens with two attached hydrogens (primary N) is 1. The van der Waals surface area contributed by atoms with Crippen molar-refractivity contribution < 1.29 is 66.9 Å². The summed E-state index contributed by atoms with van der Waals surface area (Å²) in [7, 11) is 1.28. The van der Waals surface area contributed by atoms with Crippen LogP contribution in [0.25, 0.3) is 11.1 Å². The molecule has 3 aromatic rings. The van der Waals surface area contributed by atoms with Gasteiger partial charge in [0, 0.05) is 69.6 Å². The van der Waals surface area contributed by atoms with Gasteiger partial charge in [0.15, 0.2) is 0 Å². The number of benzene rings is 2. The standard InChI is InChI=1S/C49H66F2N10O12/c1-28(56-30(3)63)48(73)59(7)29(2)45(70)58-37(23-39(52)64)47(72)57-36(46(71)54-19-18-53-41(66)24-55-40(65)15-16-43(68)69)17-20-61(42(67)27-62)44(49(4,5)6)38-21-32(34-22-33(50)13-14-35(34)51)26-60(38)25-31-11-9-8-10-12-31/h8-14,21-22,26,28-29,36-37,44,62H,15-20,23-25,27H2,1-7H3,(H2,52,64)(H,53,66)(H,54,71)(H,55,65)(H,56,63)(H,57,72)(H,58,70)(H,68,69)/t28-,29-,36-,37-,44-/m0/s1. The zero-order chi connectivity index (χ0) is 54.7. The molecule has 24 heteroatoms. The maximum atomic E-state index is 15.3. The molecule has 73 heavy (non-hydrogen) atoms. The van der Waals surface area contributed by atoms with Gasteiger partial charge in [0.2, 0.25) is 53.2 Å². The molecule has 22 nitrogen and oxygen atoms in total. The fourth-order valence-corrected chi connectivity index (χ4v) is 7.71. The second-order valence-corrected chi connectivity index (χ2v) is 18.3. The van der Waals surface area contributed by atoms with Crippen LogP contribution in [0.1, 0.15) is 84.5 Å². The van der Waals surface area contributed by atoms with Crippen LogP contribution in [0.3, 0.4) is 0 Å².